The second-order valence-electron chi connectivity index (χ2n) is 4.68. The van der Waals surface area contributed by atoms with Gasteiger partial charge in [0.05, 0.1) is 18.6 Å². The number of ether oxygens (including phenoxy) is 1. The van der Waals surface area contributed by atoms with E-state index < -0.39 is 11.9 Å². The van der Waals surface area contributed by atoms with Crippen LogP contribution in [0.3, 0.4) is 0 Å². The summed E-state index contributed by atoms with van der Waals surface area (Å²) in [4.78, 5) is 24.8. The van der Waals surface area contributed by atoms with Gasteiger partial charge in [-0.1, -0.05) is 17.8 Å². The van der Waals surface area contributed by atoms with Crippen molar-refractivity contribution in [2.45, 2.75) is 23.1 Å². The van der Waals surface area contributed by atoms with E-state index >= 15 is 0 Å². The Morgan fingerprint density at radius 2 is 1.87 bits per heavy atom. The number of carbonyl (C=O) groups is 2. The molecule has 0 aliphatic heterocycles. The molecule has 23 heavy (non-hydrogen) atoms. The first-order chi connectivity index (χ1) is 11.0. The van der Waals surface area contributed by atoms with Crippen molar-refractivity contribution in [3.05, 3.63) is 57.2 Å². The molecule has 2 aromatic rings. The van der Waals surface area contributed by atoms with Crippen LogP contribution in [0.15, 0.2) is 52.3 Å². The Morgan fingerprint density at radius 1 is 1.17 bits per heavy atom. The smallest absolute Gasteiger partial charge is 0.339 e. The topological polar surface area (TPSA) is 63.6 Å². The molecule has 0 saturated heterocycles. The minimum atomic E-state index is -0.933. The highest BCUT2D eigenvalue weighted by molar-refractivity contribution is 14.1. The highest BCUT2D eigenvalue weighted by atomic mass is 127. The average Bonchev–Trinajstić information content (AvgIpc) is 2.50. The normalized spacial score (nSPS) is 10.3. The summed E-state index contributed by atoms with van der Waals surface area (Å²) < 4.78 is 6.22. The van der Waals surface area contributed by atoms with Gasteiger partial charge in [-0.2, -0.15) is 0 Å². The molecule has 0 bridgehead atoms. The van der Waals surface area contributed by atoms with E-state index in [0.717, 1.165) is 13.4 Å². The first kappa shape index (κ1) is 17.8. The number of rotatable bonds is 6. The summed E-state index contributed by atoms with van der Waals surface area (Å²) in [5, 5.41) is 8.91. The summed E-state index contributed by atoms with van der Waals surface area (Å²) >= 11 is 3.69. The summed E-state index contributed by atoms with van der Waals surface area (Å²) in [6, 6.07) is 13.0. The molecule has 0 amide bonds. The number of halogens is 1. The Hall–Kier alpha value is -1.54. The third-order valence-corrected chi connectivity index (χ3v) is 4.74. The van der Waals surface area contributed by atoms with E-state index in [4.69, 9.17) is 9.84 Å². The average molecular weight is 442 g/mol. The molecular formula is C17H15IO4S. The van der Waals surface area contributed by atoms with E-state index in [-0.39, 0.29) is 13.0 Å². The number of hydrogen-bond acceptors (Lipinski definition) is 4. The van der Waals surface area contributed by atoms with Crippen molar-refractivity contribution >= 4 is 46.3 Å². The van der Waals surface area contributed by atoms with Crippen molar-refractivity contribution in [3.63, 3.8) is 0 Å². The summed E-state index contributed by atoms with van der Waals surface area (Å²) in [6.45, 7) is 2.01. The Labute approximate surface area is 152 Å². The van der Waals surface area contributed by atoms with Gasteiger partial charge in [0.15, 0.2) is 0 Å². The third-order valence-electron chi connectivity index (χ3n) is 2.94. The Balaban J connectivity index is 2.34. The number of benzene rings is 2. The lowest BCUT2D eigenvalue weighted by atomic mass is 10.1. The van der Waals surface area contributed by atoms with Crippen LogP contribution in [0.2, 0.25) is 0 Å². The molecule has 0 spiro atoms. The van der Waals surface area contributed by atoms with Crippen molar-refractivity contribution in [1.29, 1.82) is 0 Å². The predicted molar refractivity (Wildman–Crippen MR) is 97.0 cm³/mol. The van der Waals surface area contributed by atoms with E-state index in [1.165, 1.54) is 11.8 Å². The van der Waals surface area contributed by atoms with E-state index in [0.29, 0.717) is 11.1 Å². The lowest BCUT2D eigenvalue weighted by Crippen LogP contribution is -2.08. The predicted octanol–water partition coefficient (Wildman–Crippen LogP) is 4.25. The van der Waals surface area contributed by atoms with Crippen LogP contribution in [0, 0.1) is 3.57 Å². The van der Waals surface area contributed by atoms with Gasteiger partial charge in [0, 0.05) is 13.4 Å². The molecule has 0 fully saturated rings. The number of esters is 1. The van der Waals surface area contributed by atoms with Gasteiger partial charge in [-0.3, -0.25) is 4.79 Å². The highest BCUT2D eigenvalue weighted by Gasteiger charge is 2.15. The first-order valence-electron chi connectivity index (χ1n) is 6.95. The zero-order valence-electron chi connectivity index (χ0n) is 12.4. The molecule has 0 unspecified atom stereocenters. The van der Waals surface area contributed by atoms with Gasteiger partial charge in [-0.25, -0.2) is 4.79 Å². The maximum atomic E-state index is 12.2. The van der Waals surface area contributed by atoms with Gasteiger partial charge in [-0.05, 0) is 71.5 Å². The fourth-order valence-electron chi connectivity index (χ4n) is 1.95. The van der Waals surface area contributed by atoms with Crippen LogP contribution in [0.25, 0.3) is 0 Å². The van der Waals surface area contributed by atoms with Crippen molar-refractivity contribution in [2.24, 2.45) is 0 Å². The SMILES string of the molecule is CCOC(=O)c1cc(CC(=O)O)ccc1Sc1ccc(I)cc1. The van der Waals surface area contributed by atoms with Crippen molar-refractivity contribution in [3.8, 4) is 0 Å². The molecule has 0 aliphatic rings. The van der Waals surface area contributed by atoms with E-state index in [1.807, 2.05) is 24.3 Å². The Bertz CT molecular complexity index is 713. The first-order valence-corrected chi connectivity index (χ1v) is 8.84. The summed E-state index contributed by atoms with van der Waals surface area (Å²) in [5.41, 5.74) is 0.974. The summed E-state index contributed by atoms with van der Waals surface area (Å²) in [6.07, 6.45) is -0.124. The number of hydrogen-bond donors (Lipinski definition) is 1. The lowest BCUT2D eigenvalue weighted by molar-refractivity contribution is -0.136. The molecule has 2 aromatic carbocycles. The molecule has 2 rings (SSSR count). The van der Waals surface area contributed by atoms with Gasteiger partial charge in [0.1, 0.15) is 0 Å². The van der Waals surface area contributed by atoms with Gasteiger partial charge in [0.2, 0.25) is 0 Å². The van der Waals surface area contributed by atoms with Crippen molar-refractivity contribution in [2.75, 3.05) is 6.61 Å². The molecular weight excluding hydrogens is 427 g/mol. The highest BCUT2D eigenvalue weighted by Crippen LogP contribution is 2.32. The molecule has 6 heteroatoms. The van der Waals surface area contributed by atoms with Crippen LogP contribution in [0.1, 0.15) is 22.8 Å². The molecule has 0 aliphatic carbocycles. The molecule has 1 N–H and O–H groups in total. The number of carboxylic acid groups (broad SMARTS) is 1. The maximum absolute atomic E-state index is 12.2. The standard InChI is InChI=1S/C17H15IO4S/c1-2-22-17(21)14-9-11(10-16(19)20)3-8-15(14)23-13-6-4-12(18)5-7-13/h3-9H,2,10H2,1H3,(H,19,20). The second kappa shape index (κ2) is 8.35. The number of aliphatic carboxylic acids is 1. The second-order valence-corrected chi connectivity index (χ2v) is 7.04. The van der Waals surface area contributed by atoms with Gasteiger partial charge in [-0.15, -0.1) is 0 Å². The van der Waals surface area contributed by atoms with Gasteiger partial charge in [0.25, 0.3) is 0 Å². The minimum Gasteiger partial charge on any atom is -0.481 e. The van der Waals surface area contributed by atoms with Crippen LogP contribution >= 0.6 is 34.4 Å². The molecule has 0 heterocycles. The van der Waals surface area contributed by atoms with Crippen LogP contribution in [0.5, 0.6) is 0 Å². The van der Waals surface area contributed by atoms with E-state index in [2.05, 4.69) is 22.6 Å². The molecule has 120 valence electrons. The third kappa shape index (κ3) is 5.24. The Morgan fingerprint density at radius 3 is 2.48 bits per heavy atom. The number of carbonyl (C=O) groups excluding carboxylic acids is 1. The fraction of sp³-hybridized carbons (Fsp3) is 0.176. The van der Waals surface area contributed by atoms with Gasteiger partial charge >= 0.3 is 11.9 Å². The summed E-state index contributed by atoms with van der Waals surface area (Å²) in [7, 11) is 0. The largest absolute Gasteiger partial charge is 0.481 e. The zero-order chi connectivity index (χ0) is 16.8. The maximum Gasteiger partial charge on any atom is 0.339 e. The van der Waals surface area contributed by atoms with Crippen molar-refractivity contribution < 1.29 is 19.4 Å². The number of carboxylic acids is 1. The molecule has 4 nitrogen and oxygen atoms in total. The zero-order valence-corrected chi connectivity index (χ0v) is 15.4. The molecule has 0 radical (unpaired) electrons. The minimum absolute atomic E-state index is 0.124. The van der Waals surface area contributed by atoms with Crippen LogP contribution in [0.4, 0.5) is 0 Å². The van der Waals surface area contributed by atoms with Crippen LogP contribution in [-0.2, 0) is 16.0 Å². The Kier molecular flexibility index (Phi) is 6.47. The van der Waals surface area contributed by atoms with Crippen molar-refractivity contribution in [1.82, 2.24) is 0 Å². The molecule has 0 atom stereocenters. The van der Waals surface area contributed by atoms with E-state index in [9.17, 15) is 9.59 Å². The quantitative estimate of drug-likeness (QED) is 0.536. The lowest BCUT2D eigenvalue weighted by Gasteiger charge is -2.10. The van der Waals surface area contributed by atoms with Gasteiger partial charge < -0.3 is 9.84 Å². The summed E-state index contributed by atoms with van der Waals surface area (Å²) in [5.74, 6) is -1.37. The fourth-order valence-corrected chi connectivity index (χ4v) is 3.22. The van der Waals surface area contributed by atoms with Crippen LogP contribution < -0.4 is 0 Å². The molecule has 0 saturated carbocycles. The van der Waals surface area contributed by atoms with Crippen LogP contribution in [-0.4, -0.2) is 23.7 Å². The molecule has 0 aromatic heterocycles. The van der Waals surface area contributed by atoms with E-state index in [1.54, 1.807) is 25.1 Å². The monoisotopic (exact) mass is 442 g/mol.